The van der Waals surface area contributed by atoms with E-state index in [2.05, 4.69) is 5.32 Å². The molecule has 0 aliphatic rings. The fraction of sp³-hybridized carbons (Fsp3) is 0.167. The molecular weight excluding hydrogens is 383 g/mol. The largest absolute Gasteiger partial charge is 0.416 e. The number of hydrogen-bond acceptors (Lipinski definition) is 4. The van der Waals surface area contributed by atoms with Crippen molar-refractivity contribution in [2.75, 3.05) is 0 Å². The lowest BCUT2D eigenvalue weighted by atomic mass is 10.1. The number of carbonyl (C=O) groups excluding carboxylic acids is 1. The van der Waals surface area contributed by atoms with Gasteiger partial charge in [0.15, 0.2) is 0 Å². The monoisotopic (exact) mass is 397 g/mol. The Hall–Kier alpha value is -2.16. The average molecular weight is 397 g/mol. The maximum Gasteiger partial charge on any atom is 0.416 e. The van der Waals surface area contributed by atoms with Crippen LogP contribution in [-0.4, -0.2) is 11.0 Å². The van der Waals surface area contributed by atoms with Crippen molar-refractivity contribution < 1.29 is 23.1 Å². The fourth-order valence-electron chi connectivity index (χ4n) is 2.34. The predicted octanol–water partition coefficient (Wildman–Crippen LogP) is 4.84. The Balaban J connectivity index is 1.64. The molecule has 1 atom stereocenters. The number of carbonyl (C=O) groups is 1. The van der Waals surface area contributed by atoms with Crippen molar-refractivity contribution in [1.82, 2.24) is 5.32 Å². The lowest BCUT2D eigenvalue weighted by Gasteiger charge is -2.09. The second kappa shape index (κ2) is 7.61. The molecule has 26 heavy (non-hydrogen) atoms. The zero-order chi connectivity index (χ0) is 18.7. The number of aliphatic hydroxyl groups is 1. The van der Waals surface area contributed by atoms with E-state index in [1.165, 1.54) is 34.8 Å². The Morgan fingerprint density at radius 1 is 1.19 bits per heavy atom. The van der Waals surface area contributed by atoms with Gasteiger partial charge in [-0.2, -0.15) is 24.5 Å². The molecule has 1 amide bonds. The minimum atomic E-state index is -4.49. The van der Waals surface area contributed by atoms with Crippen LogP contribution in [0.2, 0.25) is 0 Å². The Labute approximate surface area is 155 Å². The van der Waals surface area contributed by atoms with Crippen molar-refractivity contribution in [3.05, 3.63) is 79.7 Å². The van der Waals surface area contributed by atoms with Crippen LogP contribution in [0.25, 0.3) is 0 Å². The Kier molecular flexibility index (Phi) is 5.45. The molecule has 2 aromatic heterocycles. The predicted molar refractivity (Wildman–Crippen MR) is 95.3 cm³/mol. The van der Waals surface area contributed by atoms with Gasteiger partial charge >= 0.3 is 6.18 Å². The molecule has 3 aromatic rings. The molecular formula is C18H14F3NO2S2. The highest BCUT2D eigenvalue weighted by molar-refractivity contribution is 7.12. The van der Waals surface area contributed by atoms with E-state index in [0.717, 1.165) is 27.5 Å². The standard InChI is InChI=1S/C18H14F3NO2S2/c19-18(20,21)13-3-1-2-11(8-13)17(24)22-9-14-4-5-15(26-14)16(23)12-6-7-25-10-12/h1-8,10,16,23H,9H2,(H,22,24). The van der Waals surface area contributed by atoms with Crippen LogP contribution in [0.15, 0.2) is 53.2 Å². The number of amides is 1. The first-order valence-electron chi connectivity index (χ1n) is 7.59. The molecule has 2 N–H and O–H groups in total. The number of rotatable bonds is 5. The van der Waals surface area contributed by atoms with Gasteiger partial charge in [-0.25, -0.2) is 0 Å². The summed E-state index contributed by atoms with van der Waals surface area (Å²) in [5.41, 5.74) is -0.103. The molecule has 2 heterocycles. The number of thiophene rings is 2. The van der Waals surface area contributed by atoms with Crippen LogP contribution in [0.4, 0.5) is 13.2 Å². The molecule has 3 rings (SSSR count). The van der Waals surface area contributed by atoms with Crippen LogP contribution in [0, 0.1) is 0 Å². The molecule has 0 saturated carbocycles. The van der Waals surface area contributed by atoms with Crippen LogP contribution in [0.1, 0.15) is 37.3 Å². The van der Waals surface area contributed by atoms with Gasteiger partial charge in [0.1, 0.15) is 6.10 Å². The topological polar surface area (TPSA) is 49.3 Å². The van der Waals surface area contributed by atoms with Gasteiger partial charge in [0.05, 0.1) is 12.1 Å². The zero-order valence-corrected chi connectivity index (χ0v) is 14.9. The summed E-state index contributed by atoms with van der Waals surface area (Å²) in [6.07, 6.45) is -5.21. The van der Waals surface area contributed by atoms with Gasteiger partial charge in [0.2, 0.25) is 0 Å². The molecule has 0 fully saturated rings. The van der Waals surface area contributed by atoms with Crippen molar-refractivity contribution >= 4 is 28.6 Å². The zero-order valence-electron chi connectivity index (χ0n) is 13.3. The maximum atomic E-state index is 12.7. The molecule has 136 valence electrons. The molecule has 0 radical (unpaired) electrons. The second-order valence-corrected chi connectivity index (χ2v) is 7.50. The van der Waals surface area contributed by atoms with Gasteiger partial charge in [-0.3, -0.25) is 4.79 Å². The smallest absolute Gasteiger partial charge is 0.383 e. The number of alkyl halides is 3. The quantitative estimate of drug-likeness (QED) is 0.647. The molecule has 0 aliphatic heterocycles. The van der Waals surface area contributed by atoms with E-state index < -0.39 is 23.8 Å². The highest BCUT2D eigenvalue weighted by Gasteiger charge is 2.30. The molecule has 8 heteroatoms. The molecule has 1 aromatic carbocycles. The van der Waals surface area contributed by atoms with E-state index in [1.54, 1.807) is 12.1 Å². The third-order valence-electron chi connectivity index (χ3n) is 3.69. The van der Waals surface area contributed by atoms with Crippen molar-refractivity contribution in [1.29, 1.82) is 0 Å². The second-order valence-electron chi connectivity index (χ2n) is 5.52. The van der Waals surface area contributed by atoms with Gasteiger partial charge < -0.3 is 10.4 Å². The molecule has 1 unspecified atom stereocenters. The summed E-state index contributed by atoms with van der Waals surface area (Å²) in [5.74, 6) is -0.579. The van der Waals surface area contributed by atoms with Crippen LogP contribution in [0.3, 0.4) is 0 Å². The van der Waals surface area contributed by atoms with E-state index in [9.17, 15) is 23.1 Å². The Bertz CT molecular complexity index is 888. The maximum absolute atomic E-state index is 12.7. The van der Waals surface area contributed by atoms with Gasteiger partial charge in [-0.15, -0.1) is 11.3 Å². The number of halogens is 3. The number of benzene rings is 1. The normalized spacial score (nSPS) is 12.8. The highest BCUT2D eigenvalue weighted by atomic mass is 32.1. The van der Waals surface area contributed by atoms with E-state index in [0.29, 0.717) is 0 Å². The first-order chi connectivity index (χ1) is 12.3. The molecule has 3 nitrogen and oxygen atoms in total. The molecule has 0 spiro atoms. The summed E-state index contributed by atoms with van der Waals surface area (Å²) in [6.45, 7) is 0.177. The average Bonchev–Trinajstić information content (AvgIpc) is 3.30. The molecule has 0 bridgehead atoms. The highest BCUT2D eigenvalue weighted by Crippen LogP contribution is 2.30. The Morgan fingerprint density at radius 3 is 2.69 bits per heavy atom. The van der Waals surface area contributed by atoms with Crippen LogP contribution in [0.5, 0.6) is 0 Å². The summed E-state index contributed by atoms with van der Waals surface area (Å²) in [4.78, 5) is 13.6. The Morgan fingerprint density at radius 2 is 2.00 bits per heavy atom. The SMILES string of the molecule is O=C(NCc1ccc(C(O)c2ccsc2)s1)c1cccc(C(F)(F)F)c1. The summed E-state index contributed by atoms with van der Waals surface area (Å²) >= 11 is 2.84. The summed E-state index contributed by atoms with van der Waals surface area (Å²) in [5, 5.41) is 16.6. The van der Waals surface area contributed by atoms with Crippen molar-refractivity contribution in [3.63, 3.8) is 0 Å². The van der Waals surface area contributed by atoms with Gasteiger partial charge in [-0.1, -0.05) is 6.07 Å². The van der Waals surface area contributed by atoms with Crippen molar-refractivity contribution in [2.24, 2.45) is 0 Å². The first-order valence-corrected chi connectivity index (χ1v) is 9.35. The van der Waals surface area contributed by atoms with Crippen LogP contribution in [-0.2, 0) is 12.7 Å². The summed E-state index contributed by atoms with van der Waals surface area (Å²) in [6, 6.07) is 9.69. The minimum Gasteiger partial charge on any atom is -0.383 e. The molecule has 0 saturated heterocycles. The minimum absolute atomic E-state index is 0.0464. The van der Waals surface area contributed by atoms with E-state index >= 15 is 0 Å². The third-order valence-corrected chi connectivity index (χ3v) is 5.53. The number of nitrogens with one attached hydrogen (secondary N) is 1. The fourth-order valence-corrected chi connectivity index (χ4v) is 3.98. The lowest BCUT2D eigenvalue weighted by molar-refractivity contribution is -0.137. The van der Waals surface area contributed by atoms with Crippen molar-refractivity contribution in [2.45, 2.75) is 18.8 Å². The number of hydrogen-bond donors (Lipinski definition) is 2. The third kappa shape index (κ3) is 4.32. The molecule has 0 aliphatic carbocycles. The lowest BCUT2D eigenvalue weighted by Crippen LogP contribution is -2.22. The van der Waals surface area contributed by atoms with E-state index in [4.69, 9.17) is 0 Å². The van der Waals surface area contributed by atoms with Crippen LogP contribution >= 0.6 is 22.7 Å². The van der Waals surface area contributed by atoms with Crippen LogP contribution < -0.4 is 5.32 Å². The van der Waals surface area contributed by atoms with Gasteiger partial charge in [-0.05, 0) is 52.7 Å². The summed E-state index contributed by atoms with van der Waals surface area (Å²) < 4.78 is 38.2. The van der Waals surface area contributed by atoms with E-state index in [-0.39, 0.29) is 12.1 Å². The first kappa shape index (κ1) is 18.6. The summed E-state index contributed by atoms with van der Waals surface area (Å²) in [7, 11) is 0. The van der Waals surface area contributed by atoms with Gasteiger partial charge in [0.25, 0.3) is 5.91 Å². The van der Waals surface area contributed by atoms with Crippen molar-refractivity contribution in [3.8, 4) is 0 Å². The van der Waals surface area contributed by atoms with Gasteiger partial charge in [0, 0.05) is 15.3 Å². The number of aliphatic hydroxyl groups excluding tert-OH is 1. The van der Waals surface area contributed by atoms with E-state index in [1.807, 2.05) is 16.8 Å².